The van der Waals surface area contributed by atoms with Gasteiger partial charge >= 0.3 is 0 Å². The summed E-state index contributed by atoms with van der Waals surface area (Å²) in [6.07, 6.45) is 2.29. The number of hydrogen-bond acceptors (Lipinski definition) is 2. The van der Waals surface area contributed by atoms with E-state index in [9.17, 15) is 4.39 Å². The molecule has 0 atom stereocenters. The number of rotatable bonds is 4. The number of piperidine rings is 1. The quantitative estimate of drug-likeness (QED) is 0.862. The van der Waals surface area contributed by atoms with Gasteiger partial charge in [0.05, 0.1) is 0 Å². The average molecular weight is 236 g/mol. The molecule has 1 aromatic rings. The van der Waals surface area contributed by atoms with Gasteiger partial charge in [-0.3, -0.25) is 0 Å². The molecule has 0 aliphatic carbocycles. The van der Waals surface area contributed by atoms with Gasteiger partial charge in [-0.1, -0.05) is 12.1 Å². The minimum atomic E-state index is -0.111. The molecule has 0 unspecified atom stereocenters. The third-order valence-corrected chi connectivity index (χ3v) is 3.59. The molecule has 1 fully saturated rings. The first-order chi connectivity index (χ1) is 8.29. The van der Waals surface area contributed by atoms with E-state index >= 15 is 0 Å². The zero-order valence-electron chi connectivity index (χ0n) is 10.5. The predicted molar refractivity (Wildman–Crippen MR) is 68.7 cm³/mol. The van der Waals surface area contributed by atoms with Crippen LogP contribution in [0.15, 0.2) is 24.3 Å². The molecule has 0 amide bonds. The van der Waals surface area contributed by atoms with Gasteiger partial charge in [0.1, 0.15) is 5.82 Å². The Hall–Kier alpha value is -0.930. The molecule has 17 heavy (non-hydrogen) atoms. The van der Waals surface area contributed by atoms with E-state index in [1.807, 2.05) is 13.1 Å². The number of hydrogen-bond donors (Lipinski definition) is 1. The van der Waals surface area contributed by atoms with E-state index in [4.69, 9.17) is 0 Å². The average Bonchev–Trinajstić information content (AvgIpc) is 2.37. The third-order valence-electron chi connectivity index (χ3n) is 3.59. The van der Waals surface area contributed by atoms with Crippen molar-refractivity contribution < 1.29 is 4.39 Å². The minimum Gasteiger partial charge on any atom is -0.318 e. The third kappa shape index (κ3) is 3.51. The van der Waals surface area contributed by atoms with Crippen LogP contribution in [-0.2, 0) is 0 Å². The van der Waals surface area contributed by atoms with E-state index in [-0.39, 0.29) is 5.82 Å². The molecule has 1 heterocycles. The Morgan fingerprint density at radius 2 is 2.12 bits per heavy atom. The first-order valence-electron chi connectivity index (χ1n) is 6.42. The van der Waals surface area contributed by atoms with E-state index in [2.05, 4.69) is 16.3 Å². The van der Waals surface area contributed by atoms with Crippen molar-refractivity contribution in [1.82, 2.24) is 10.2 Å². The Morgan fingerprint density at radius 1 is 1.35 bits per heavy atom. The lowest BCUT2D eigenvalue weighted by Crippen LogP contribution is -2.37. The second-order valence-electron chi connectivity index (χ2n) is 4.77. The number of benzene rings is 1. The Morgan fingerprint density at radius 3 is 2.76 bits per heavy atom. The fourth-order valence-corrected chi connectivity index (χ4v) is 2.52. The first kappa shape index (κ1) is 12.5. The predicted octanol–water partition coefficient (Wildman–Crippen LogP) is 2.22. The molecule has 94 valence electrons. The Labute approximate surface area is 103 Å². The summed E-state index contributed by atoms with van der Waals surface area (Å²) >= 11 is 0. The van der Waals surface area contributed by atoms with Crippen LogP contribution < -0.4 is 5.32 Å². The zero-order chi connectivity index (χ0) is 12.1. The highest BCUT2D eigenvalue weighted by Gasteiger charge is 2.20. The molecule has 3 heteroatoms. The number of likely N-dealkylation sites (N-methyl/N-ethyl adjacent to an activating group) is 1. The van der Waals surface area contributed by atoms with Crippen LogP contribution in [0.3, 0.4) is 0 Å². The van der Waals surface area contributed by atoms with Crippen LogP contribution in [0.5, 0.6) is 0 Å². The van der Waals surface area contributed by atoms with E-state index < -0.39 is 0 Å². The van der Waals surface area contributed by atoms with Crippen molar-refractivity contribution in [3.63, 3.8) is 0 Å². The molecule has 2 nitrogen and oxygen atoms in total. The van der Waals surface area contributed by atoms with Gasteiger partial charge in [-0.05, 0) is 56.6 Å². The molecule has 1 saturated heterocycles. The van der Waals surface area contributed by atoms with Gasteiger partial charge < -0.3 is 10.2 Å². The molecule has 0 bridgehead atoms. The van der Waals surface area contributed by atoms with Crippen molar-refractivity contribution in [2.75, 3.05) is 33.2 Å². The standard InChI is InChI=1S/C14H21FN2/c1-16-7-10-17-8-5-12(6-9-17)13-3-2-4-14(15)11-13/h2-4,11-12,16H,5-10H2,1H3. The van der Waals surface area contributed by atoms with Crippen LogP contribution >= 0.6 is 0 Å². The molecule has 0 spiro atoms. The maximum atomic E-state index is 13.1. The largest absolute Gasteiger partial charge is 0.318 e. The normalized spacial score (nSPS) is 18.5. The van der Waals surface area contributed by atoms with Crippen LogP contribution in [0.2, 0.25) is 0 Å². The van der Waals surface area contributed by atoms with Gasteiger partial charge in [0.25, 0.3) is 0 Å². The second-order valence-corrected chi connectivity index (χ2v) is 4.77. The van der Waals surface area contributed by atoms with E-state index in [1.54, 1.807) is 6.07 Å². The lowest BCUT2D eigenvalue weighted by atomic mass is 9.89. The maximum Gasteiger partial charge on any atom is 0.123 e. The van der Waals surface area contributed by atoms with Crippen molar-refractivity contribution in [1.29, 1.82) is 0 Å². The van der Waals surface area contributed by atoms with Crippen LogP contribution in [-0.4, -0.2) is 38.1 Å². The molecule has 1 N–H and O–H groups in total. The van der Waals surface area contributed by atoms with Gasteiger partial charge in [-0.15, -0.1) is 0 Å². The lowest BCUT2D eigenvalue weighted by molar-refractivity contribution is 0.214. The topological polar surface area (TPSA) is 15.3 Å². The second kappa shape index (κ2) is 6.12. The summed E-state index contributed by atoms with van der Waals surface area (Å²) in [5.74, 6) is 0.427. The monoisotopic (exact) mass is 236 g/mol. The van der Waals surface area contributed by atoms with Gasteiger partial charge in [0.2, 0.25) is 0 Å². The van der Waals surface area contributed by atoms with Crippen LogP contribution in [0.4, 0.5) is 4.39 Å². The molecule has 1 aromatic carbocycles. The highest BCUT2D eigenvalue weighted by Crippen LogP contribution is 2.27. The maximum absolute atomic E-state index is 13.1. The number of likely N-dealkylation sites (tertiary alicyclic amines) is 1. The van der Waals surface area contributed by atoms with Crippen LogP contribution in [0.1, 0.15) is 24.3 Å². The van der Waals surface area contributed by atoms with Crippen LogP contribution in [0.25, 0.3) is 0 Å². The summed E-state index contributed by atoms with van der Waals surface area (Å²) in [4.78, 5) is 2.48. The zero-order valence-corrected chi connectivity index (χ0v) is 10.5. The number of nitrogens with one attached hydrogen (secondary N) is 1. The summed E-state index contributed by atoms with van der Waals surface area (Å²) < 4.78 is 13.1. The highest BCUT2D eigenvalue weighted by molar-refractivity contribution is 5.21. The van der Waals surface area contributed by atoms with E-state index in [1.165, 1.54) is 11.6 Å². The van der Waals surface area contributed by atoms with Gasteiger partial charge in [0.15, 0.2) is 0 Å². The molecule has 1 aliphatic heterocycles. The molecule has 0 radical (unpaired) electrons. The van der Waals surface area contributed by atoms with Crippen LogP contribution in [0, 0.1) is 5.82 Å². The van der Waals surface area contributed by atoms with E-state index in [0.29, 0.717) is 5.92 Å². The molecular weight excluding hydrogens is 215 g/mol. The van der Waals surface area contributed by atoms with Crippen molar-refractivity contribution in [3.8, 4) is 0 Å². The van der Waals surface area contributed by atoms with Crippen molar-refractivity contribution >= 4 is 0 Å². The molecular formula is C14H21FN2. The smallest absolute Gasteiger partial charge is 0.123 e. The van der Waals surface area contributed by atoms with Gasteiger partial charge in [0, 0.05) is 13.1 Å². The molecule has 0 aromatic heterocycles. The highest BCUT2D eigenvalue weighted by atomic mass is 19.1. The Bertz CT molecular complexity index is 346. The van der Waals surface area contributed by atoms with Gasteiger partial charge in [-0.2, -0.15) is 0 Å². The van der Waals surface area contributed by atoms with Crippen molar-refractivity contribution in [3.05, 3.63) is 35.6 Å². The number of nitrogens with zero attached hydrogens (tertiary/aromatic N) is 1. The molecule has 2 rings (SSSR count). The fraction of sp³-hybridized carbons (Fsp3) is 0.571. The van der Waals surface area contributed by atoms with E-state index in [0.717, 1.165) is 39.0 Å². The summed E-state index contributed by atoms with van der Waals surface area (Å²) in [6.45, 7) is 4.42. The van der Waals surface area contributed by atoms with Gasteiger partial charge in [-0.25, -0.2) is 4.39 Å². The van der Waals surface area contributed by atoms with Crippen molar-refractivity contribution in [2.24, 2.45) is 0 Å². The summed E-state index contributed by atoms with van der Waals surface area (Å²) in [5.41, 5.74) is 1.17. The fourth-order valence-electron chi connectivity index (χ4n) is 2.52. The Balaban J connectivity index is 1.86. The summed E-state index contributed by atoms with van der Waals surface area (Å²) in [6, 6.07) is 7.08. The summed E-state index contributed by atoms with van der Waals surface area (Å²) in [7, 11) is 1.99. The SMILES string of the molecule is CNCCN1CCC(c2cccc(F)c2)CC1. The lowest BCUT2D eigenvalue weighted by Gasteiger charge is -2.32. The minimum absolute atomic E-state index is 0.111. The first-order valence-corrected chi connectivity index (χ1v) is 6.42. The summed E-state index contributed by atoms with van der Waals surface area (Å²) in [5, 5.41) is 3.17. The number of halogens is 1. The molecule has 0 saturated carbocycles. The molecule has 1 aliphatic rings. The Kier molecular flexibility index (Phi) is 4.51. The van der Waals surface area contributed by atoms with Crippen molar-refractivity contribution in [2.45, 2.75) is 18.8 Å².